The molecule has 110 valence electrons. The first-order valence-corrected chi connectivity index (χ1v) is 7.00. The smallest absolute Gasteiger partial charge is 0.335 e. The molecule has 0 amide bonds. The monoisotopic (exact) mass is 288 g/mol. The summed E-state index contributed by atoms with van der Waals surface area (Å²) in [5.74, 6) is 0.0687. The number of aromatic carboxylic acids is 1. The lowest BCUT2D eigenvalue weighted by molar-refractivity contribution is 0.0153. The predicted molar refractivity (Wildman–Crippen MR) is 74.0 cm³/mol. The van der Waals surface area contributed by atoms with E-state index < -0.39 is 5.97 Å². The molecule has 1 aromatic carbocycles. The van der Waals surface area contributed by atoms with Gasteiger partial charge in [0, 0.05) is 18.6 Å². The van der Waals surface area contributed by atoms with Crippen molar-refractivity contribution in [1.82, 2.24) is 10.1 Å². The summed E-state index contributed by atoms with van der Waals surface area (Å²) in [6.07, 6.45) is 4.13. The van der Waals surface area contributed by atoms with Crippen LogP contribution in [0.5, 0.6) is 0 Å². The molecule has 0 bridgehead atoms. The van der Waals surface area contributed by atoms with E-state index in [9.17, 15) is 4.79 Å². The van der Waals surface area contributed by atoms with E-state index in [1.54, 1.807) is 12.1 Å². The molecular formula is C15H16N2O4. The zero-order valence-electron chi connectivity index (χ0n) is 11.5. The second-order valence-corrected chi connectivity index (χ2v) is 5.09. The highest BCUT2D eigenvalue weighted by molar-refractivity contribution is 5.88. The summed E-state index contributed by atoms with van der Waals surface area (Å²) in [5, 5.41) is 12.8. The van der Waals surface area contributed by atoms with Crippen molar-refractivity contribution in [2.24, 2.45) is 0 Å². The maximum Gasteiger partial charge on any atom is 0.335 e. The molecule has 0 saturated carbocycles. The van der Waals surface area contributed by atoms with Crippen molar-refractivity contribution in [2.45, 2.75) is 31.8 Å². The lowest BCUT2D eigenvalue weighted by atomic mass is 10.1. The van der Waals surface area contributed by atoms with Gasteiger partial charge in [-0.3, -0.25) is 0 Å². The first-order chi connectivity index (χ1) is 10.2. The molecule has 1 aliphatic rings. The summed E-state index contributed by atoms with van der Waals surface area (Å²) in [5.41, 5.74) is 0.942. The van der Waals surface area contributed by atoms with Crippen LogP contribution in [0.15, 0.2) is 28.8 Å². The summed E-state index contributed by atoms with van der Waals surface area (Å²) >= 11 is 0. The van der Waals surface area contributed by atoms with Crippen molar-refractivity contribution in [3.8, 4) is 11.5 Å². The van der Waals surface area contributed by atoms with E-state index in [0.29, 0.717) is 23.7 Å². The maximum atomic E-state index is 10.8. The Morgan fingerprint density at radius 3 is 2.76 bits per heavy atom. The fraction of sp³-hybridized carbons (Fsp3) is 0.400. The molecular weight excluding hydrogens is 272 g/mol. The fourth-order valence-electron chi connectivity index (χ4n) is 2.38. The van der Waals surface area contributed by atoms with Gasteiger partial charge in [0.15, 0.2) is 5.82 Å². The number of hydrogen-bond donors (Lipinski definition) is 1. The minimum atomic E-state index is -0.956. The fourth-order valence-corrected chi connectivity index (χ4v) is 2.38. The number of carbonyl (C=O) groups is 1. The Balaban J connectivity index is 1.70. The normalized spacial score (nSPS) is 18.6. The quantitative estimate of drug-likeness (QED) is 0.930. The molecule has 6 heteroatoms. The highest BCUT2D eigenvalue weighted by atomic mass is 16.5. The Morgan fingerprint density at radius 1 is 1.29 bits per heavy atom. The van der Waals surface area contributed by atoms with Crippen LogP contribution in [0.4, 0.5) is 0 Å². The molecule has 2 heterocycles. The summed E-state index contributed by atoms with van der Waals surface area (Å²) in [6, 6.07) is 6.37. The first kappa shape index (κ1) is 13.8. The van der Waals surface area contributed by atoms with Gasteiger partial charge in [-0.05, 0) is 43.5 Å². The molecule has 1 N–H and O–H groups in total. The summed E-state index contributed by atoms with van der Waals surface area (Å²) in [6.45, 7) is 0.798. The number of carboxylic acid groups (broad SMARTS) is 1. The third-order valence-electron chi connectivity index (χ3n) is 3.53. The van der Waals surface area contributed by atoms with E-state index in [0.717, 1.165) is 19.4 Å². The molecule has 2 aromatic rings. The van der Waals surface area contributed by atoms with Crippen molar-refractivity contribution < 1.29 is 19.2 Å². The van der Waals surface area contributed by atoms with Crippen molar-refractivity contribution in [1.29, 1.82) is 0 Å². The van der Waals surface area contributed by atoms with Crippen LogP contribution in [0.3, 0.4) is 0 Å². The van der Waals surface area contributed by atoms with E-state index in [-0.39, 0.29) is 11.7 Å². The average Bonchev–Trinajstić information content (AvgIpc) is 2.97. The van der Waals surface area contributed by atoms with E-state index in [1.807, 2.05) is 0 Å². The maximum absolute atomic E-state index is 10.8. The highest BCUT2D eigenvalue weighted by Gasteiger charge is 2.18. The SMILES string of the molecule is O=C(O)c1ccc(-c2nc(CC3CCCCO3)no2)cc1. The van der Waals surface area contributed by atoms with Crippen molar-refractivity contribution >= 4 is 5.97 Å². The van der Waals surface area contributed by atoms with Crippen LogP contribution in [-0.2, 0) is 11.2 Å². The molecule has 1 aromatic heterocycles. The molecule has 21 heavy (non-hydrogen) atoms. The van der Waals surface area contributed by atoms with Crippen LogP contribution >= 0.6 is 0 Å². The molecule has 1 unspecified atom stereocenters. The van der Waals surface area contributed by atoms with Crippen molar-refractivity contribution in [3.05, 3.63) is 35.7 Å². The number of aromatic nitrogens is 2. The van der Waals surface area contributed by atoms with Gasteiger partial charge in [0.25, 0.3) is 5.89 Å². The topological polar surface area (TPSA) is 85.5 Å². The second kappa shape index (κ2) is 6.05. The Labute approximate surface area is 121 Å². The van der Waals surface area contributed by atoms with E-state index >= 15 is 0 Å². The van der Waals surface area contributed by atoms with Gasteiger partial charge in [-0.1, -0.05) is 5.16 Å². The van der Waals surface area contributed by atoms with Gasteiger partial charge in [-0.25, -0.2) is 4.79 Å². The van der Waals surface area contributed by atoms with Crippen LogP contribution in [0.1, 0.15) is 35.4 Å². The van der Waals surface area contributed by atoms with E-state index in [1.165, 1.54) is 18.6 Å². The van der Waals surface area contributed by atoms with Crippen molar-refractivity contribution in [2.75, 3.05) is 6.61 Å². The lowest BCUT2D eigenvalue weighted by Crippen LogP contribution is -2.21. The van der Waals surface area contributed by atoms with Crippen molar-refractivity contribution in [3.63, 3.8) is 0 Å². The highest BCUT2D eigenvalue weighted by Crippen LogP contribution is 2.20. The molecule has 6 nitrogen and oxygen atoms in total. The first-order valence-electron chi connectivity index (χ1n) is 7.00. The molecule has 1 saturated heterocycles. The number of hydrogen-bond acceptors (Lipinski definition) is 5. The number of benzene rings is 1. The largest absolute Gasteiger partial charge is 0.478 e. The van der Waals surface area contributed by atoms with Crippen LogP contribution < -0.4 is 0 Å². The Kier molecular flexibility index (Phi) is 3.96. The molecule has 3 rings (SSSR count). The summed E-state index contributed by atoms with van der Waals surface area (Å²) < 4.78 is 10.9. The molecule has 1 aliphatic heterocycles. The predicted octanol–water partition coefficient (Wildman–Crippen LogP) is 2.55. The molecule has 1 fully saturated rings. The average molecular weight is 288 g/mol. The standard InChI is InChI=1S/C15H16N2O4/c18-15(19)11-6-4-10(5-7-11)14-16-13(17-21-14)9-12-3-1-2-8-20-12/h4-7,12H,1-3,8-9H2,(H,18,19). The van der Waals surface area contributed by atoms with Gasteiger partial charge < -0.3 is 14.4 Å². The Hall–Kier alpha value is -2.21. The number of carboxylic acids is 1. The van der Waals surface area contributed by atoms with Gasteiger partial charge in [-0.15, -0.1) is 0 Å². The van der Waals surface area contributed by atoms with Crippen LogP contribution in [0.25, 0.3) is 11.5 Å². The Bertz CT molecular complexity index is 615. The van der Waals surface area contributed by atoms with Crippen LogP contribution in [0, 0.1) is 0 Å². The van der Waals surface area contributed by atoms with E-state index in [2.05, 4.69) is 10.1 Å². The van der Waals surface area contributed by atoms with Gasteiger partial charge >= 0.3 is 5.97 Å². The molecule has 0 aliphatic carbocycles. The second-order valence-electron chi connectivity index (χ2n) is 5.09. The molecule has 1 atom stereocenters. The Morgan fingerprint density at radius 2 is 2.10 bits per heavy atom. The van der Waals surface area contributed by atoms with Gasteiger partial charge in [0.05, 0.1) is 11.7 Å². The third kappa shape index (κ3) is 3.28. The van der Waals surface area contributed by atoms with Gasteiger partial charge in [0.2, 0.25) is 0 Å². The minimum absolute atomic E-state index is 0.165. The number of nitrogens with zero attached hydrogens (tertiary/aromatic N) is 2. The third-order valence-corrected chi connectivity index (χ3v) is 3.53. The zero-order chi connectivity index (χ0) is 14.7. The lowest BCUT2D eigenvalue weighted by Gasteiger charge is -2.20. The number of rotatable bonds is 4. The van der Waals surface area contributed by atoms with Crippen LogP contribution in [-0.4, -0.2) is 33.9 Å². The molecule has 0 spiro atoms. The minimum Gasteiger partial charge on any atom is -0.478 e. The zero-order valence-corrected chi connectivity index (χ0v) is 11.5. The van der Waals surface area contributed by atoms with Gasteiger partial charge in [-0.2, -0.15) is 4.98 Å². The van der Waals surface area contributed by atoms with Crippen LogP contribution in [0.2, 0.25) is 0 Å². The number of ether oxygens (including phenoxy) is 1. The summed E-state index contributed by atoms with van der Waals surface area (Å²) in [4.78, 5) is 15.2. The van der Waals surface area contributed by atoms with E-state index in [4.69, 9.17) is 14.4 Å². The van der Waals surface area contributed by atoms with Gasteiger partial charge in [0.1, 0.15) is 0 Å². The molecule has 0 radical (unpaired) electrons. The summed E-state index contributed by atoms with van der Waals surface area (Å²) in [7, 11) is 0.